The molecular weight excluding hydrogens is 420 g/mol. The lowest BCUT2D eigenvalue weighted by molar-refractivity contribution is 0.0478. The molecule has 3 rings (SSSR count). The maximum Gasteiger partial charge on any atom is 0.410 e. The number of aliphatic hydroxyl groups is 1. The van der Waals surface area contributed by atoms with E-state index in [9.17, 15) is 14.7 Å². The molecule has 1 unspecified atom stereocenters. The molecule has 2 aromatic rings. The number of alkyl carbamates (subject to hydrolysis) is 1. The molecule has 0 aliphatic carbocycles. The lowest BCUT2D eigenvalue weighted by Crippen LogP contribution is -2.39. The highest BCUT2D eigenvalue weighted by Gasteiger charge is 2.35. The van der Waals surface area contributed by atoms with Crippen molar-refractivity contribution in [3.8, 4) is 0 Å². The summed E-state index contributed by atoms with van der Waals surface area (Å²) in [5, 5.41) is 13.8. The first-order chi connectivity index (χ1) is 15.6. The van der Waals surface area contributed by atoms with E-state index in [0.717, 1.165) is 23.1 Å². The van der Waals surface area contributed by atoms with Crippen molar-refractivity contribution >= 4 is 12.2 Å². The number of likely N-dealkylation sites (tertiary alicyclic amines) is 1. The molecule has 1 aliphatic heterocycles. The summed E-state index contributed by atoms with van der Waals surface area (Å²) in [5.74, 6) is 0. The summed E-state index contributed by atoms with van der Waals surface area (Å²) in [7, 11) is 0. The van der Waals surface area contributed by atoms with Gasteiger partial charge in [0.15, 0.2) is 0 Å². The van der Waals surface area contributed by atoms with Crippen molar-refractivity contribution in [2.45, 2.75) is 70.9 Å². The van der Waals surface area contributed by atoms with Gasteiger partial charge in [0.2, 0.25) is 0 Å². The number of hydrogen-bond acceptors (Lipinski definition) is 5. The predicted molar refractivity (Wildman–Crippen MR) is 126 cm³/mol. The minimum atomic E-state index is -0.819. The van der Waals surface area contributed by atoms with Gasteiger partial charge in [-0.05, 0) is 57.2 Å². The zero-order chi connectivity index (χ0) is 24.0. The number of carbonyl (C=O) groups is 2. The summed E-state index contributed by atoms with van der Waals surface area (Å²) in [6, 6.07) is 16.3. The molecule has 2 N–H and O–H groups in total. The molecule has 2 amide bonds. The van der Waals surface area contributed by atoms with Crippen LogP contribution in [0.5, 0.6) is 0 Å². The quantitative estimate of drug-likeness (QED) is 0.633. The van der Waals surface area contributed by atoms with Gasteiger partial charge in [-0.3, -0.25) is 0 Å². The van der Waals surface area contributed by atoms with E-state index in [1.54, 1.807) is 4.90 Å². The molecule has 7 heteroatoms. The van der Waals surface area contributed by atoms with Crippen LogP contribution in [0.3, 0.4) is 0 Å². The van der Waals surface area contributed by atoms with E-state index in [-0.39, 0.29) is 18.7 Å². The normalized spacial score (nSPS) is 17.8. The van der Waals surface area contributed by atoms with Crippen molar-refractivity contribution in [3.63, 3.8) is 0 Å². The molecule has 2 aromatic carbocycles. The van der Waals surface area contributed by atoms with E-state index < -0.39 is 23.9 Å². The highest BCUT2D eigenvalue weighted by molar-refractivity contribution is 5.69. The number of benzene rings is 2. The van der Waals surface area contributed by atoms with Crippen molar-refractivity contribution in [2.24, 2.45) is 0 Å². The van der Waals surface area contributed by atoms with Crippen molar-refractivity contribution in [1.82, 2.24) is 10.2 Å². The molecule has 178 valence electrons. The third-order valence-electron chi connectivity index (χ3n) is 5.61. The number of nitrogens with one attached hydrogen (secondary N) is 1. The number of rotatable bonds is 6. The van der Waals surface area contributed by atoms with Crippen LogP contribution < -0.4 is 5.32 Å². The first-order valence-electron chi connectivity index (χ1n) is 11.4. The maximum atomic E-state index is 12.7. The minimum Gasteiger partial charge on any atom is -0.445 e. The van der Waals surface area contributed by atoms with Crippen LogP contribution in [0, 0.1) is 0 Å². The number of carbonyl (C=O) groups excluding carboxylic acids is 2. The second-order valence-corrected chi connectivity index (χ2v) is 9.42. The second kappa shape index (κ2) is 10.7. The van der Waals surface area contributed by atoms with Gasteiger partial charge in [0.1, 0.15) is 12.2 Å². The van der Waals surface area contributed by atoms with Gasteiger partial charge in [-0.1, -0.05) is 54.6 Å². The Hall–Kier alpha value is -3.06. The molecule has 33 heavy (non-hydrogen) atoms. The minimum absolute atomic E-state index is 0.205. The van der Waals surface area contributed by atoms with Crippen molar-refractivity contribution < 1.29 is 24.2 Å². The Morgan fingerprint density at radius 1 is 1.09 bits per heavy atom. The lowest BCUT2D eigenvalue weighted by atomic mass is 9.98. The summed E-state index contributed by atoms with van der Waals surface area (Å²) >= 11 is 0. The van der Waals surface area contributed by atoms with Crippen LogP contribution in [0.15, 0.2) is 54.6 Å². The molecule has 7 nitrogen and oxygen atoms in total. The monoisotopic (exact) mass is 454 g/mol. The van der Waals surface area contributed by atoms with Crippen LogP contribution in [-0.4, -0.2) is 40.4 Å². The average molecular weight is 455 g/mol. The number of aliphatic hydroxyl groups excluding tert-OH is 1. The van der Waals surface area contributed by atoms with Gasteiger partial charge >= 0.3 is 12.2 Å². The fourth-order valence-electron chi connectivity index (χ4n) is 3.92. The Labute approximate surface area is 195 Å². The smallest absolute Gasteiger partial charge is 0.410 e. The zero-order valence-electron chi connectivity index (χ0n) is 19.8. The molecule has 1 aliphatic rings. The molecule has 0 bridgehead atoms. The third kappa shape index (κ3) is 6.96. The molecule has 1 saturated heterocycles. The van der Waals surface area contributed by atoms with E-state index in [0.29, 0.717) is 13.0 Å². The van der Waals surface area contributed by atoms with Crippen molar-refractivity contribution in [3.05, 3.63) is 71.3 Å². The van der Waals surface area contributed by atoms with Gasteiger partial charge in [0, 0.05) is 6.54 Å². The summed E-state index contributed by atoms with van der Waals surface area (Å²) in [4.78, 5) is 26.3. The van der Waals surface area contributed by atoms with E-state index >= 15 is 0 Å². The van der Waals surface area contributed by atoms with Crippen LogP contribution in [0.25, 0.3) is 0 Å². The third-order valence-corrected chi connectivity index (χ3v) is 5.61. The Kier molecular flexibility index (Phi) is 7.97. The number of hydrogen-bond donors (Lipinski definition) is 2. The molecule has 1 heterocycles. The SMILES string of the molecule is C[C@H](NC(=O)OC(C)(C)C)c1ccc(C(O)[C@H]2CCCN2C(=O)OCc2ccccc2)cc1. The van der Waals surface area contributed by atoms with Gasteiger partial charge in [-0.2, -0.15) is 0 Å². The van der Waals surface area contributed by atoms with Gasteiger partial charge in [-0.15, -0.1) is 0 Å². The summed E-state index contributed by atoms with van der Waals surface area (Å²) in [5.41, 5.74) is 1.97. The summed E-state index contributed by atoms with van der Waals surface area (Å²) in [6.07, 6.45) is -0.182. The number of ether oxygens (including phenoxy) is 2. The first-order valence-corrected chi connectivity index (χ1v) is 11.4. The van der Waals surface area contributed by atoms with Gasteiger partial charge < -0.3 is 24.8 Å². The lowest BCUT2D eigenvalue weighted by Gasteiger charge is -2.28. The van der Waals surface area contributed by atoms with Gasteiger partial charge in [-0.25, -0.2) is 9.59 Å². The number of amides is 2. The highest BCUT2D eigenvalue weighted by atomic mass is 16.6. The Morgan fingerprint density at radius 2 is 1.73 bits per heavy atom. The van der Waals surface area contributed by atoms with Crippen LogP contribution in [0.4, 0.5) is 9.59 Å². The topological polar surface area (TPSA) is 88.1 Å². The molecule has 0 spiro atoms. The molecular formula is C26H34N2O5. The average Bonchev–Trinajstić information content (AvgIpc) is 3.26. The van der Waals surface area contributed by atoms with E-state index in [4.69, 9.17) is 9.47 Å². The number of nitrogens with zero attached hydrogens (tertiary/aromatic N) is 1. The van der Waals surface area contributed by atoms with E-state index in [2.05, 4.69) is 5.32 Å². The Morgan fingerprint density at radius 3 is 2.36 bits per heavy atom. The van der Waals surface area contributed by atoms with E-state index in [1.807, 2.05) is 82.3 Å². The Bertz CT molecular complexity index is 924. The summed E-state index contributed by atoms with van der Waals surface area (Å²) < 4.78 is 10.8. The summed E-state index contributed by atoms with van der Waals surface area (Å²) in [6.45, 7) is 8.09. The van der Waals surface area contributed by atoms with Crippen molar-refractivity contribution in [2.75, 3.05) is 6.54 Å². The molecule has 0 aromatic heterocycles. The van der Waals surface area contributed by atoms with Crippen LogP contribution in [0.1, 0.15) is 69.4 Å². The van der Waals surface area contributed by atoms with Gasteiger partial charge in [0.25, 0.3) is 0 Å². The van der Waals surface area contributed by atoms with Crippen LogP contribution in [-0.2, 0) is 16.1 Å². The van der Waals surface area contributed by atoms with E-state index in [1.165, 1.54) is 0 Å². The Balaban J connectivity index is 1.58. The fraction of sp³-hybridized carbons (Fsp3) is 0.462. The zero-order valence-corrected chi connectivity index (χ0v) is 19.8. The van der Waals surface area contributed by atoms with Gasteiger partial charge in [0.05, 0.1) is 18.2 Å². The predicted octanol–water partition coefficient (Wildman–Crippen LogP) is 5.11. The van der Waals surface area contributed by atoms with Crippen molar-refractivity contribution in [1.29, 1.82) is 0 Å². The molecule has 0 radical (unpaired) electrons. The fourth-order valence-corrected chi connectivity index (χ4v) is 3.92. The van der Waals surface area contributed by atoms with Crippen LogP contribution in [0.2, 0.25) is 0 Å². The first kappa shape index (κ1) is 24.6. The standard InChI is InChI=1S/C26H34N2O5/c1-18(27-24(30)33-26(2,3)4)20-12-14-21(15-13-20)23(29)22-11-8-16-28(22)25(31)32-17-19-9-6-5-7-10-19/h5-7,9-10,12-15,18,22-23,29H,8,11,16-17H2,1-4H3,(H,27,30)/t18-,22+,23?/m0/s1. The maximum absolute atomic E-state index is 12.7. The molecule has 1 fully saturated rings. The second-order valence-electron chi connectivity index (χ2n) is 9.42. The largest absolute Gasteiger partial charge is 0.445 e. The highest BCUT2D eigenvalue weighted by Crippen LogP contribution is 2.30. The van der Waals surface area contributed by atoms with Crippen LogP contribution >= 0.6 is 0 Å². The molecule has 0 saturated carbocycles. The molecule has 3 atom stereocenters.